The summed E-state index contributed by atoms with van der Waals surface area (Å²) in [6.07, 6.45) is 2.24. The Kier molecular flexibility index (Phi) is 5.31. The maximum atomic E-state index is 6.35. The molecule has 1 aromatic rings. The van der Waals surface area contributed by atoms with Gasteiger partial charge in [-0.25, -0.2) is 0 Å². The Labute approximate surface area is 119 Å². The molecule has 0 unspecified atom stereocenters. The molecule has 1 atom stereocenters. The summed E-state index contributed by atoms with van der Waals surface area (Å²) in [5.41, 5.74) is 1.10. The van der Waals surface area contributed by atoms with Gasteiger partial charge in [0.1, 0.15) is 0 Å². The highest BCUT2D eigenvalue weighted by Crippen LogP contribution is 2.36. The van der Waals surface area contributed by atoms with Crippen molar-refractivity contribution < 1.29 is 0 Å². The largest absolute Gasteiger partial charge is 0.314 e. The molecule has 0 bridgehead atoms. The Hall–Kier alpha value is -0.280. The predicted molar refractivity (Wildman–Crippen MR) is 78.6 cm³/mol. The topological polar surface area (TPSA) is 15.3 Å². The number of hydrogen-bond donors (Lipinski definition) is 1. The minimum atomic E-state index is 0.346. The van der Waals surface area contributed by atoms with Gasteiger partial charge >= 0.3 is 0 Å². The first-order chi connectivity index (χ1) is 8.74. The van der Waals surface area contributed by atoms with Gasteiger partial charge in [0.15, 0.2) is 0 Å². The number of nitrogens with zero attached hydrogens (tertiary/aromatic N) is 1. The summed E-state index contributed by atoms with van der Waals surface area (Å²) >= 11 is 12.7. The fraction of sp³-hybridized carbons (Fsp3) is 0.571. The first-order valence-electron chi connectivity index (χ1n) is 6.62. The van der Waals surface area contributed by atoms with E-state index in [-0.39, 0.29) is 0 Å². The maximum Gasteiger partial charge on any atom is 0.0468 e. The fourth-order valence-corrected chi connectivity index (χ4v) is 3.26. The molecule has 1 aromatic carbocycles. The van der Waals surface area contributed by atoms with E-state index in [0.29, 0.717) is 6.04 Å². The van der Waals surface area contributed by atoms with Crippen molar-refractivity contribution in [3.8, 4) is 0 Å². The van der Waals surface area contributed by atoms with E-state index < -0.39 is 0 Å². The van der Waals surface area contributed by atoms with Crippen molar-refractivity contribution in [2.75, 3.05) is 26.2 Å². The van der Waals surface area contributed by atoms with Crippen LogP contribution in [0.15, 0.2) is 18.2 Å². The lowest BCUT2D eigenvalue weighted by Gasteiger charge is -2.36. The highest BCUT2D eigenvalue weighted by molar-refractivity contribution is 6.36. The van der Waals surface area contributed by atoms with Gasteiger partial charge in [-0.15, -0.1) is 0 Å². The molecule has 0 spiro atoms. The summed E-state index contributed by atoms with van der Waals surface area (Å²) < 4.78 is 0. The minimum absolute atomic E-state index is 0.346. The average Bonchev–Trinajstić information content (AvgIpc) is 2.38. The van der Waals surface area contributed by atoms with Crippen molar-refractivity contribution >= 4 is 23.2 Å². The summed E-state index contributed by atoms with van der Waals surface area (Å²) in [7, 11) is 0. The lowest BCUT2D eigenvalue weighted by atomic mass is 9.99. The van der Waals surface area contributed by atoms with Crippen LogP contribution in [0.25, 0.3) is 0 Å². The van der Waals surface area contributed by atoms with Crippen LogP contribution in [0.4, 0.5) is 0 Å². The third kappa shape index (κ3) is 3.18. The lowest BCUT2D eigenvalue weighted by Crippen LogP contribution is -2.45. The zero-order valence-corrected chi connectivity index (χ0v) is 12.3. The molecule has 4 heteroatoms. The van der Waals surface area contributed by atoms with Gasteiger partial charge in [-0.05, 0) is 18.6 Å². The summed E-state index contributed by atoms with van der Waals surface area (Å²) in [4.78, 5) is 2.49. The Morgan fingerprint density at radius 2 is 1.83 bits per heavy atom. The van der Waals surface area contributed by atoms with E-state index in [0.717, 1.165) is 54.6 Å². The molecule has 1 saturated heterocycles. The normalized spacial score (nSPS) is 18.8. The van der Waals surface area contributed by atoms with Crippen LogP contribution >= 0.6 is 23.2 Å². The van der Waals surface area contributed by atoms with Gasteiger partial charge in [-0.2, -0.15) is 0 Å². The van der Waals surface area contributed by atoms with E-state index in [1.54, 1.807) is 0 Å². The number of piperazine rings is 1. The average molecular weight is 287 g/mol. The number of benzene rings is 1. The van der Waals surface area contributed by atoms with Crippen LogP contribution in [0, 0.1) is 0 Å². The van der Waals surface area contributed by atoms with Gasteiger partial charge < -0.3 is 5.32 Å². The molecule has 1 aliphatic heterocycles. The van der Waals surface area contributed by atoms with Gasteiger partial charge in [0.05, 0.1) is 0 Å². The third-order valence-electron chi connectivity index (χ3n) is 3.49. The Bertz CT molecular complexity index is 369. The number of hydrogen-bond acceptors (Lipinski definition) is 2. The molecule has 18 heavy (non-hydrogen) atoms. The van der Waals surface area contributed by atoms with Crippen LogP contribution in [0.3, 0.4) is 0 Å². The minimum Gasteiger partial charge on any atom is -0.314 e. The van der Waals surface area contributed by atoms with Crippen molar-refractivity contribution in [3.63, 3.8) is 0 Å². The molecular formula is C14H20Cl2N2. The number of halogens is 2. The number of rotatable bonds is 4. The summed E-state index contributed by atoms with van der Waals surface area (Å²) in [6, 6.07) is 6.13. The Morgan fingerprint density at radius 3 is 2.39 bits per heavy atom. The van der Waals surface area contributed by atoms with E-state index >= 15 is 0 Å². The molecule has 0 amide bonds. The zero-order valence-electron chi connectivity index (χ0n) is 10.8. The Morgan fingerprint density at radius 1 is 1.22 bits per heavy atom. The van der Waals surface area contributed by atoms with Crippen LogP contribution in [0.2, 0.25) is 10.0 Å². The summed E-state index contributed by atoms with van der Waals surface area (Å²) in [5.74, 6) is 0. The van der Waals surface area contributed by atoms with Gasteiger partial charge in [0, 0.05) is 47.8 Å². The van der Waals surface area contributed by atoms with Crippen LogP contribution in [0.5, 0.6) is 0 Å². The second kappa shape index (κ2) is 6.76. The second-order valence-corrected chi connectivity index (χ2v) is 5.54. The lowest BCUT2D eigenvalue weighted by molar-refractivity contribution is 0.165. The highest BCUT2D eigenvalue weighted by Gasteiger charge is 2.25. The molecule has 1 N–H and O–H groups in total. The highest BCUT2D eigenvalue weighted by atomic mass is 35.5. The van der Waals surface area contributed by atoms with Crippen LogP contribution in [0.1, 0.15) is 31.4 Å². The molecule has 1 heterocycles. The third-order valence-corrected chi connectivity index (χ3v) is 4.15. The van der Waals surface area contributed by atoms with Crippen LogP contribution < -0.4 is 5.32 Å². The molecule has 100 valence electrons. The molecule has 2 nitrogen and oxygen atoms in total. The molecule has 0 aliphatic carbocycles. The molecule has 0 saturated carbocycles. The van der Waals surface area contributed by atoms with Crippen LogP contribution in [-0.4, -0.2) is 31.1 Å². The number of nitrogens with one attached hydrogen (secondary N) is 1. The van der Waals surface area contributed by atoms with Crippen molar-refractivity contribution in [1.29, 1.82) is 0 Å². The standard InChI is InChI=1S/C14H20Cl2N2/c1-2-4-13(18-9-7-17-8-10-18)14-11(15)5-3-6-12(14)16/h3,5-6,13,17H,2,4,7-10H2,1H3/t13-/m1/s1. The summed E-state index contributed by atoms with van der Waals surface area (Å²) in [6.45, 7) is 6.42. The van der Waals surface area contributed by atoms with Crippen molar-refractivity contribution in [2.45, 2.75) is 25.8 Å². The monoisotopic (exact) mass is 286 g/mol. The first-order valence-corrected chi connectivity index (χ1v) is 7.38. The van der Waals surface area contributed by atoms with Crippen LogP contribution in [-0.2, 0) is 0 Å². The van der Waals surface area contributed by atoms with E-state index in [4.69, 9.17) is 23.2 Å². The molecule has 2 rings (SSSR count). The van der Waals surface area contributed by atoms with Crippen molar-refractivity contribution in [3.05, 3.63) is 33.8 Å². The van der Waals surface area contributed by atoms with E-state index in [2.05, 4.69) is 17.1 Å². The van der Waals surface area contributed by atoms with E-state index in [1.807, 2.05) is 18.2 Å². The maximum absolute atomic E-state index is 6.35. The molecule has 1 fully saturated rings. The molecule has 0 radical (unpaired) electrons. The predicted octanol–water partition coefficient (Wildman–Crippen LogP) is 3.74. The van der Waals surface area contributed by atoms with E-state index in [9.17, 15) is 0 Å². The fourth-order valence-electron chi connectivity index (χ4n) is 2.61. The first kappa shape index (κ1) is 14.1. The SMILES string of the molecule is CCC[C@H](c1c(Cl)cccc1Cl)N1CCNCC1. The smallest absolute Gasteiger partial charge is 0.0468 e. The van der Waals surface area contributed by atoms with Gasteiger partial charge in [0.2, 0.25) is 0 Å². The van der Waals surface area contributed by atoms with Gasteiger partial charge in [-0.1, -0.05) is 42.6 Å². The molecular weight excluding hydrogens is 267 g/mol. The van der Waals surface area contributed by atoms with Gasteiger partial charge in [-0.3, -0.25) is 4.90 Å². The van der Waals surface area contributed by atoms with E-state index in [1.165, 1.54) is 0 Å². The Balaban J connectivity index is 2.28. The van der Waals surface area contributed by atoms with Crippen molar-refractivity contribution in [2.24, 2.45) is 0 Å². The zero-order chi connectivity index (χ0) is 13.0. The second-order valence-electron chi connectivity index (χ2n) is 4.73. The van der Waals surface area contributed by atoms with Crippen molar-refractivity contribution in [1.82, 2.24) is 10.2 Å². The van der Waals surface area contributed by atoms with Gasteiger partial charge in [0.25, 0.3) is 0 Å². The molecule has 1 aliphatic rings. The molecule has 0 aromatic heterocycles. The summed E-state index contributed by atoms with van der Waals surface area (Å²) in [5, 5.41) is 4.97. The quantitative estimate of drug-likeness (QED) is 0.907.